The molecule has 27 heavy (non-hydrogen) atoms. The standard InChI is InChI=1S/C19H20N2O5S/c1-4-26-18(23)12-8-10-13(11-9-12)20-19(27)21-17(22)16-14(24-2)6-5-7-15(16)25-3/h5-11H,4H2,1-3H3,(H2,20,21,22,27). The molecule has 0 aromatic heterocycles. The highest BCUT2D eigenvalue weighted by Gasteiger charge is 2.19. The maximum atomic E-state index is 12.6. The van der Waals surface area contributed by atoms with E-state index in [4.69, 9.17) is 26.4 Å². The van der Waals surface area contributed by atoms with Crippen LogP contribution in [0.15, 0.2) is 42.5 Å². The van der Waals surface area contributed by atoms with Gasteiger partial charge in [0.1, 0.15) is 17.1 Å². The van der Waals surface area contributed by atoms with Crippen molar-refractivity contribution in [3.63, 3.8) is 0 Å². The molecular weight excluding hydrogens is 368 g/mol. The summed E-state index contributed by atoms with van der Waals surface area (Å²) in [4.78, 5) is 24.2. The lowest BCUT2D eigenvalue weighted by Crippen LogP contribution is -2.34. The van der Waals surface area contributed by atoms with E-state index in [9.17, 15) is 9.59 Å². The normalized spacial score (nSPS) is 9.89. The van der Waals surface area contributed by atoms with Crippen molar-refractivity contribution in [3.8, 4) is 11.5 Å². The number of rotatable bonds is 6. The Labute approximate surface area is 162 Å². The number of esters is 1. The molecule has 142 valence electrons. The van der Waals surface area contributed by atoms with Gasteiger partial charge in [0, 0.05) is 5.69 Å². The van der Waals surface area contributed by atoms with Gasteiger partial charge in [-0.2, -0.15) is 0 Å². The summed E-state index contributed by atoms with van der Waals surface area (Å²) in [6.45, 7) is 2.05. The van der Waals surface area contributed by atoms with Crippen molar-refractivity contribution in [3.05, 3.63) is 53.6 Å². The molecule has 0 fully saturated rings. The van der Waals surface area contributed by atoms with Crippen molar-refractivity contribution in [2.45, 2.75) is 6.92 Å². The Balaban J connectivity index is 2.06. The molecule has 2 aromatic rings. The van der Waals surface area contributed by atoms with E-state index in [1.165, 1.54) is 14.2 Å². The summed E-state index contributed by atoms with van der Waals surface area (Å²) < 4.78 is 15.4. The smallest absolute Gasteiger partial charge is 0.338 e. The number of thiocarbonyl (C=S) groups is 1. The average Bonchev–Trinajstić information content (AvgIpc) is 2.67. The highest BCUT2D eigenvalue weighted by atomic mass is 32.1. The monoisotopic (exact) mass is 388 g/mol. The first-order valence-corrected chi connectivity index (χ1v) is 8.51. The summed E-state index contributed by atoms with van der Waals surface area (Å²) in [6, 6.07) is 11.6. The summed E-state index contributed by atoms with van der Waals surface area (Å²) in [7, 11) is 2.93. The van der Waals surface area contributed by atoms with Crippen molar-refractivity contribution in [2.24, 2.45) is 0 Å². The number of hydrogen-bond acceptors (Lipinski definition) is 6. The third kappa shape index (κ3) is 5.18. The van der Waals surface area contributed by atoms with Crippen LogP contribution in [0.25, 0.3) is 0 Å². The first kappa shape index (κ1) is 20.2. The molecule has 2 aromatic carbocycles. The molecule has 0 bridgehead atoms. The van der Waals surface area contributed by atoms with Crippen LogP contribution in [0.1, 0.15) is 27.6 Å². The third-order valence-corrected chi connectivity index (χ3v) is 3.74. The Hall–Kier alpha value is -3.13. The first-order chi connectivity index (χ1) is 13.0. The number of methoxy groups -OCH3 is 2. The van der Waals surface area contributed by atoms with Crippen LogP contribution < -0.4 is 20.1 Å². The second-order valence-corrected chi connectivity index (χ2v) is 5.65. The van der Waals surface area contributed by atoms with Gasteiger partial charge in [-0.3, -0.25) is 10.1 Å². The van der Waals surface area contributed by atoms with Crippen LogP contribution in [0.4, 0.5) is 5.69 Å². The quantitative estimate of drug-likeness (QED) is 0.581. The van der Waals surface area contributed by atoms with Crippen LogP contribution in [-0.2, 0) is 4.74 Å². The molecular formula is C19H20N2O5S. The van der Waals surface area contributed by atoms with E-state index >= 15 is 0 Å². The predicted octanol–water partition coefficient (Wildman–Crippen LogP) is 3.01. The Kier molecular flexibility index (Phi) is 7.13. The van der Waals surface area contributed by atoms with E-state index in [1.54, 1.807) is 49.4 Å². The van der Waals surface area contributed by atoms with Crippen LogP contribution in [-0.4, -0.2) is 37.8 Å². The Bertz CT molecular complexity index is 814. The van der Waals surface area contributed by atoms with Gasteiger partial charge in [0.15, 0.2) is 5.11 Å². The van der Waals surface area contributed by atoms with E-state index < -0.39 is 11.9 Å². The molecule has 0 unspecified atom stereocenters. The highest BCUT2D eigenvalue weighted by Crippen LogP contribution is 2.27. The fourth-order valence-corrected chi connectivity index (χ4v) is 2.52. The molecule has 2 N–H and O–H groups in total. The first-order valence-electron chi connectivity index (χ1n) is 8.10. The zero-order valence-corrected chi connectivity index (χ0v) is 16.0. The third-order valence-electron chi connectivity index (χ3n) is 3.54. The number of carbonyl (C=O) groups excluding carboxylic acids is 2. The lowest BCUT2D eigenvalue weighted by atomic mass is 10.1. The second-order valence-electron chi connectivity index (χ2n) is 5.24. The predicted molar refractivity (Wildman–Crippen MR) is 106 cm³/mol. The summed E-state index contributed by atoms with van der Waals surface area (Å²) in [5.74, 6) is -0.130. The molecule has 2 rings (SSSR count). The SMILES string of the molecule is CCOC(=O)c1ccc(NC(=S)NC(=O)c2c(OC)cccc2OC)cc1. The van der Waals surface area contributed by atoms with Gasteiger partial charge in [-0.15, -0.1) is 0 Å². The van der Waals surface area contributed by atoms with Gasteiger partial charge in [0.25, 0.3) is 5.91 Å². The number of carbonyl (C=O) groups is 2. The minimum Gasteiger partial charge on any atom is -0.496 e. The minimum absolute atomic E-state index is 0.0943. The molecule has 0 heterocycles. The molecule has 1 amide bonds. The van der Waals surface area contributed by atoms with Gasteiger partial charge >= 0.3 is 5.97 Å². The van der Waals surface area contributed by atoms with E-state index in [2.05, 4.69) is 10.6 Å². The van der Waals surface area contributed by atoms with Gasteiger partial charge in [-0.1, -0.05) is 6.07 Å². The van der Waals surface area contributed by atoms with Crippen LogP contribution >= 0.6 is 12.2 Å². The average molecular weight is 388 g/mol. The summed E-state index contributed by atoms with van der Waals surface area (Å²) >= 11 is 5.18. The van der Waals surface area contributed by atoms with Crippen molar-refractivity contribution < 1.29 is 23.8 Å². The summed E-state index contributed by atoms with van der Waals surface area (Å²) in [6.07, 6.45) is 0. The molecule has 0 aliphatic heterocycles. The number of hydrogen-bond donors (Lipinski definition) is 2. The van der Waals surface area contributed by atoms with Crippen LogP contribution in [0.5, 0.6) is 11.5 Å². The van der Waals surface area contributed by atoms with Gasteiger partial charge in [-0.05, 0) is 55.5 Å². The molecule has 8 heteroatoms. The Morgan fingerprint density at radius 3 is 2.11 bits per heavy atom. The van der Waals surface area contributed by atoms with E-state index in [-0.39, 0.29) is 10.7 Å². The minimum atomic E-state index is -0.468. The molecule has 0 spiro atoms. The molecule has 0 radical (unpaired) electrons. The van der Waals surface area contributed by atoms with Gasteiger partial charge in [0.05, 0.1) is 26.4 Å². The molecule has 0 atom stereocenters. The van der Waals surface area contributed by atoms with Gasteiger partial charge in [-0.25, -0.2) is 4.79 Å². The van der Waals surface area contributed by atoms with E-state index in [0.29, 0.717) is 29.4 Å². The largest absolute Gasteiger partial charge is 0.496 e. The lowest BCUT2D eigenvalue weighted by molar-refractivity contribution is 0.0526. The van der Waals surface area contributed by atoms with E-state index in [0.717, 1.165) is 0 Å². The molecule has 7 nitrogen and oxygen atoms in total. The van der Waals surface area contributed by atoms with Crippen molar-refractivity contribution in [1.82, 2.24) is 5.32 Å². The van der Waals surface area contributed by atoms with Crippen LogP contribution in [0.2, 0.25) is 0 Å². The number of nitrogens with one attached hydrogen (secondary N) is 2. The second kappa shape index (κ2) is 9.54. The van der Waals surface area contributed by atoms with E-state index in [1.807, 2.05) is 0 Å². The maximum absolute atomic E-state index is 12.6. The fourth-order valence-electron chi connectivity index (χ4n) is 2.31. The molecule has 0 aliphatic rings. The molecule has 0 saturated carbocycles. The summed E-state index contributed by atoms with van der Waals surface area (Å²) in [5.41, 5.74) is 1.28. The van der Waals surface area contributed by atoms with Crippen molar-refractivity contribution in [1.29, 1.82) is 0 Å². The number of amides is 1. The van der Waals surface area contributed by atoms with Crippen molar-refractivity contribution in [2.75, 3.05) is 26.1 Å². The fraction of sp³-hybridized carbons (Fsp3) is 0.211. The zero-order valence-electron chi connectivity index (χ0n) is 15.2. The molecule has 0 saturated heterocycles. The number of benzene rings is 2. The van der Waals surface area contributed by atoms with Crippen molar-refractivity contribution >= 4 is 34.9 Å². The maximum Gasteiger partial charge on any atom is 0.338 e. The topological polar surface area (TPSA) is 85.9 Å². The number of anilines is 1. The number of ether oxygens (including phenoxy) is 3. The van der Waals surface area contributed by atoms with Gasteiger partial charge in [0.2, 0.25) is 0 Å². The zero-order chi connectivity index (χ0) is 19.8. The summed E-state index contributed by atoms with van der Waals surface area (Å²) in [5, 5.41) is 5.56. The van der Waals surface area contributed by atoms with Crippen LogP contribution in [0.3, 0.4) is 0 Å². The van der Waals surface area contributed by atoms with Crippen LogP contribution in [0, 0.1) is 0 Å². The van der Waals surface area contributed by atoms with Gasteiger partial charge < -0.3 is 19.5 Å². The Morgan fingerprint density at radius 1 is 1.00 bits per heavy atom. The highest BCUT2D eigenvalue weighted by molar-refractivity contribution is 7.80. The molecule has 0 aliphatic carbocycles. The lowest BCUT2D eigenvalue weighted by Gasteiger charge is -2.14. The Morgan fingerprint density at radius 2 is 1.59 bits per heavy atom.